The highest BCUT2D eigenvalue weighted by molar-refractivity contribution is 7.47. The van der Waals surface area contributed by atoms with Crippen molar-refractivity contribution < 1.29 is 18.5 Å². The lowest BCUT2D eigenvalue weighted by Gasteiger charge is -2.15. The van der Waals surface area contributed by atoms with Crippen molar-refractivity contribution in [2.45, 2.75) is 13.8 Å². The third kappa shape index (κ3) is 8.88. The molecule has 0 fully saturated rings. The lowest BCUT2D eigenvalue weighted by Crippen LogP contribution is -2.02. The Morgan fingerprint density at radius 1 is 1.08 bits per heavy atom. The highest BCUT2D eigenvalue weighted by Crippen LogP contribution is 2.37. The first-order chi connectivity index (χ1) is 6.35. The number of rotatable bonds is 9. The largest absolute Gasteiger partial charge is 0.346 e. The Balaban J connectivity index is 3.33. The third-order valence-corrected chi connectivity index (χ3v) is 2.63. The normalized spacial score (nSPS) is 11.1. The molecule has 0 bridgehead atoms. The third-order valence-electron chi connectivity index (χ3n) is 0.987. The van der Waals surface area contributed by atoms with Crippen LogP contribution in [0.25, 0.3) is 0 Å². The van der Waals surface area contributed by atoms with Crippen molar-refractivity contribution in [3.8, 4) is 0 Å². The van der Waals surface area contributed by atoms with Crippen LogP contribution in [0.2, 0.25) is 0 Å². The van der Waals surface area contributed by atoms with E-state index in [1.807, 2.05) is 13.8 Å². The molecule has 0 aromatic carbocycles. The molecule has 4 nitrogen and oxygen atoms in total. The Morgan fingerprint density at radius 2 is 1.69 bits per heavy atom. The van der Waals surface area contributed by atoms with Crippen LogP contribution in [0.1, 0.15) is 13.8 Å². The number of ether oxygens (including phenoxy) is 2. The van der Waals surface area contributed by atoms with E-state index in [2.05, 4.69) is 0 Å². The molecule has 0 aromatic heterocycles. The molecule has 6 heteroatoms. The molecule has 0 radical (unpaired) electrons. The van der Waals surface area contributed by atoms with Crippen LogP contribution in [-0.4, -0.2) is 32.4 Å². The van der Waals surface area contributed by atoms with Crippen LogP contribution in [0.5, 0.6) is 0 Å². The highest BCUT2D eigenvalue weighted by atomic mass is 35.5. The van der Waals surface area contributed by atoms with Gasteiger partial charge in [0.05, 0.1) is 13.2 Å². The van der Waals surface area contributed by atoms with E-state index in [9.17, 15) is 0 Å². The summed E-state index contributed by atoms with van der Waals surface area (Å²) in [6, 6.07) is 0.140. The van der Waals surface area contributed by atoms with Gasteiger partial charge in [0.25, 0.3) is 0 Å². The van der Waals surface area contributed by atoms with Gasteiger partial charge in [0, 0.05) is 0 Å². The molecule has 0 rings (SSSR count). The molecule has 0 saturated carbocycles. The van der Waals surface area contributed by atoms with Gasteiger partial charge in [-0.1, -0.05) is 11.6 Å². The molecule has 80 valence electrons. The molecule has 0 N–H and O–H groups in total. The maximum absolute atomic E-state index is 5.29. The summed E-state index contributed by atoms with van der Waals surface area (Å²) in [6.07, 6.45) is 0.425. The minimum absolute atomic E-state index is 0.140. The van der Waals surface area contributed by atoms with E-state index in [4.69, 9.17) is 30.1 Å². The quantitative estimate of drug-likeness (QED) is 0.264. The van der Waals surface area contributed by atoms with Gasteiger partial charge in [-0.3, -0.25) is 0 Å². The number of hydrogen-bond donors (Lipinski definition) is 0. The Hall–Kier alpha value is 0.560. The first-order valence-electron chi connectivity index (χ1n) is 4.09. The summed E-state index contributed by atoms with van der Waals surface area (Å²) >= 11 is 5.28. The van der Waals surface area contributed by atoms with E-state index in [-0.39, 0.29) is 12.9 Å². The first-order valence-corrected chi connectivity index (χ1v) is 5.99. The fourth-order valence-electron chi connectivity index (χ4n) is 0.602. The van der Waals surface area contributed by atoms with Gasteiger partial charge < -0.3 is 18.5 Å². The molecular weight excluding hydrogens is 214 g/mol. The maximum atomic E-state index is 5.29. The Labute approximate surface area is 85.4 Å². The van der Waals surface area contributed by atoms with E-state index >= 15 is 0 Å². The molecule has 13 heavy (non-hydrogen) atoms. The molecule has 0 heterocycles. The molecule has 0 spiro atoms. The summed E-state index contributed by atoms with van der Waals surface area (Å²) in [7, 11) is -0.923. The van der Waals surface area contributed by atoms with Crippen LogP contribution < -0.4 is 0 Å². The monoisotopic (exact) mass is 230 g/mol. The molecule has 0 aromatic rings. The first kappa shape index (κ1) is 13.6. The molecule has 0 saturated heterocycles. The van der Waals surface area contributed by atoms with E-state index in [0.717, 1.165) is 0 Å². The fraction of sp³-hybridized carbons (Fsp3) is 1.00. The van der Waals surface area contributed by atoms with Crippen molar-refractivity contribution in [3.63, 3.8) is 0 Å². The second-order valence-electron chi connectivity index (χ2n) is 1.93. The predicted molar refractivity (Wildman–Crippen MR) is 52.8 cm³/mol. The van der Waals surface area contributed by atoms with Crippen LogP contribution in [0.15, 0.2) is 0 Å². The van der Waals surface area contributed by atoms with Crippen LogP contribution in [0.4, 0.5) is 0 Å². The SMILES string of the molecule is CCOP(COCOCCl)OCC. The van der Waals surface area contributed by atoms with Gasteiger partial charge in [0.1, 0.15) is 19.2 Å². The van der Waals surface area contributed by atoms with Crippen LogP contribution in [0.3, 0.4) is 0 Å². The smallest absolute Gasteiger partial charge is 0.198 e. The fourth-order valence-corrected chi connectivity index (χ4v) is 1.69. The Bertz CT molecular complexity index is 100. The summed E-state index contributed by atoms with van der Waals surface area (Å²) in [6.45, 7) is 5.28. The summed E-state index contributed by atoms with van der Waals surface area (Å²) in [5.41, 5.74) is 0. The molecule has 0 atom stereocenters. The summed E-state index contributed by atoms with van der Waals surface area (Å²) in [5.74, 6) is 0. The van der Waals surface area contributed by atoms with Crippen molar-refractivity contribution in [1.29, 1.82) is 0 Å². The van der Waals surface area contributed by atoms with E-state index in [1.54, 1.807) is 0 Å². The van der Waals surface area contributed by atoms with Crippen molar-refractivity contribution >= 4 is 20.0 Å². The molecule has 0 aliphatic heterocycles. The van der Waals surface area contributed by atoms with Crippen molar-refractivity contribution in [2.75, 3.05) is 32.4 Å². The van der Waals surface area contributed by atoms with Crippen molar-refractivity contribution in [3.05, 3.63) is 0 Å². The van der Waals surface area contributed by atoms with Gasteiger partial charge in [-0.05, 0) is 13.8 Å². The standard InChI is InChI=1S/C7H16ClO4P/c1-3-11-13(12-4-2)7-10-6-9-5-8/h3-7H2,1-2H3. The van der Waals surface area contributed by atoms with Gasteiger partial charge in [0.2, 0.25) is 0 Å². The lowest BCUT2D eigenvalue weighted by atomic mass is 10.9. The average molecular weight is 231 g/mol. The predicted octanol–water partition coefficient (Wildman–Crippen LogP) is 2.52. The van der Waals surface area contributed by atoms with Gasteiger partial charge in [-0.25, -0.2) is 0 Å². The lowest BCUT2D eigenvalue weighted by molar-refractivity contribution is -0.0238. The highest BCUT2D eigenvalue weighted by Gasteiger charge is 2.08. The molecule has 0 amide bonds. The van der Waals surface area contributed by atoms with Gasteiger partial charge in [-0.2, -0.15) is 0 Å². The van der Waals surface area contributed by atoms with Gasteiger partial charge >= 0.3 is 0 Å². The maximum Gasteiger partial charge on any atom is 0.198 e. The van der Waals surface area contributed by atoms with Crippen molar-refractivity contribution in [1.82, 2.24) is 0 Å². The second-order valence-corrected chi connectivity index (χ2v) is 3.59. The Kier molecular flexibility index (Phi) is 11.1. The Morgan fingerprint density at radius 3 is 2.15 bits per heavy atom. The van der Waals surface area contributed by atoms with Gasteiger partial charge in [0.15, 0.2) is 8.38 Å². The summed E-state index contributed by atoms with van der Waals surface area (Å²) < 4.78 is 20.5. The molecule has 0 aliphatic carbocycles. The van der Waals surface area contributed by atoms with Crippen LogP contribution in [-0.2, 0) is 18.5 Å². The number of hydrogen-bond acceptors (Lipinski definition) is 4. The van der Waals surface area contributed by atoms with Crippen LogP contribution in [0, 0.1) is 0 Å². The second kappa shape index (κ2) is 10.6. The zero-order chi connectivity index (χ0) is 9.94. The van der Waals surface area contributed by atoms with Crippen molar-refractivity contribution in [2.24, 2.45) is 0 Å². The molecule has 0 aliphatic rings. The number of alkyl halides is 1. The van der Waals surface area contributed by atoms with E-state index in [0.29, 0.717) is 19.6 Å². The molecule has 0 unspecified atom stereocenters. The topological polar surface area (TPSA) is 36.9 Å². The van der Waals surface area contributed by atoms with Gasteiger partial charge in [-0.15, -0.1) is 0 Å². The zero-order valence-electron chi connectivity index (χ0n) is 7.99. The molecular formula is C7H16ClO4P. The minimum Gasteiger partial charge on any atom is -0.346 e. The minimum atomic E-state index is -0.923. The zero-order valence-corrected chi connectivity index (χ0v) is 9.64. The van der Waals surface area contributed by atoms with E-state index in [1.165, 1.54) is 0 Å². The van der Waals surface area contributed by atoms with E-state index < -0.39 is 8.38 Å². The number of halogens is 1. The average Bonchev–Trinajstić information content (AvgIpc) is 2.13. The van der Waals surface area contributed by atoms with Crippen LogP contribution >= 0.6 is 20.0 Å². The summed E-state index contributed by atoms with van der Waals surface area (Å²) in [5, 5.41) is 0. The summed E-state index contributed by atoms with van der Waals surface area (Å²) in [4.78, 5) is 0.